The van der Waals surface area contributed by atoms with Crippen LogP contribution in [-0.2, 0) is 5.41 Å². The van der Waals surface area contributed by atoms with Crippen LogP contribution < -0.4 is 0 Å². The minimum absolute atomic E-state index is 0.454. The Bertz CT molecular complexity index is 658. The molecule has 1 aromatic rings. The van der Waals surface area contributed by atoms with Crippen LogP contribution in [-0.4, -0.2) is 25.0 Å². The molecule has 0 amide bonds. The number of nitrogens with zero attached hydrogens (tertiary/aromatic N) is 1. The maximum Gasteiger partial charge on any atom is 0.0406 e. The standard InChI is InChI=1S/C25H36ClN/c1-18(11-19-7-9-27(2)10-8-19)24-13-20-12-21(14-24)16-25(15-20,17-24)22-3-5-23(26)6-4-22/h3-6,18-21H,7-17H2,1-2H3. The lowest BCUT2D eigenvalue weighted by Gasteiger charge is -2.64. The Balaban J connectivity index is 1.38. The van der Waals surface area contributed by atoms with Gasteiger partial charge in [-0.25, -0.2) is 0 Å². The van der Waals surface area contributed by atoms with Gasteiger partial charge < -0.3 is 4.90 Å². The van der Waals surface area contributed by atoms with Crippen LogP contribution in [0.4, 0.5) is 0 Å². The normalized spacial score (nSPS) is 40.4. The van der Waals surface area contributed by atoms with E-state index >= 15 is 0 Å². The predicted molar refractivity (Wildman–Crippen MR) is 114 cm³/mol. The van der Waals surface area contributed by atoms with Crippen molar-refractivity contribution >= 4 is 11.6 Å². The second kappa shape index (κ2) is 6.77. The van der Waals surface area contributed by atoms with Crippen molar-refractivity contribution in [2.24, 2.45) is 29.1 Å². The number of likely N-dealkylation sites (tertiary alicyclic amines) is 1. The maximum absolute atomic E-state index is 6.21. The van der Waals surface area contributed by atoms with Crippen molar-refractivity contribution < 1.29 is 0 Å². The molecule has 4 saturated carbocycles. The summed E-state index contributed by atoms with van der Waals surface area (Å²) in [6.45, 7) is 5.25. The highest BCUT2D eigenvalue weighted by Crippen LogP contribution is 2.68. The zero-order valence-corrected chi connectivity index (χ0v) is 18.0. The van der Waals surface area contributed by atoms with E-state index in [1.165, 1.54) is 70.9 Å². The van der Waals surface area contributed by atoms with Gasteiger partial charge in [0.05, 0.1) is 0 Å². The van der Waals surface area contributed by atoms with Gasteiger partial charge in [-0.1, -0.05) is 30.7 Å². The topological polar surface area (TPSA) is 3.24 Å². The monoisotopic (exact) mass is 385 g/mol. The molecular weight excluding hydrogens is 350 g/mol. The molecule has 0 radical (unpaired) electrons. The lowest BCUT2D eigenvalue weighted by Crippen LogP contribution is -2.56. The van der Waals surface area contributed by atoms with Crippen molar-refractivity contribution in [1.29, 1.82) is 0 Å². The molecule has 1 saturated heterocycles. The van der Waals surface area contributed by atoms with Gasteiger partial charge in [0.25, 0.3) is 0 Å². The molecule has 0 N–H and O–H groups in total. The molecule has 1 aromatic carbocycles. The summed E-state index contributed by atoms with van der Waals surface area (Å²) in [5.74, 6) is 3.81. The molecule has 1 nitrogen and oxygen atoms in total. The molecule has 5 aliphatic rings. The number of rotatable bonds is 4. The van der Waals surface area contributed by atoms with Crippen LogP contribution in [0.5, 0.6) is 0 Å². The van der Waals surface area contributed by atoms with E-state index in [1.54, 1.807) is 5.56 Å². The molecular formula is C25H36ClN. The van der Waals surface area contributed by atoms with E-state index in [1.807, 2.05) is 0 Å². The second-order valence-corrected chi connectivity index (χ2v) is 11.4. The van der Waals surface area contributed by atoms with Crippen LogP contribution in [0.15, 0.2) is 24.3 Å². The van der Waals surface area contributed by atoms with E-state index in [0.29, 0.717) is 10.8 Å². The summed E-state index contributed by atoms with van der Waals surface area (Å²) >= 11 is 6.21. The SMILES string of the molecule is CC(CC1CCN(C)CC1)C12CC3CC(CC(c4ccc(Cl)cc4)(C3)C1)C2. The number of benzene rings is 1. The van der Waals surface area contributed by atoms with Crippen molar-refractivity contribution in [1.82, 2.24) is 4.90 Å². The molecule has 2 heteroatoms. The van der Waals surface area contributed by atoms with Crippen LogP contribution in [0, 0.1) is 29.1 Å². The summed E-state index contributed by atoms with van der Waals surface area (Å²) in [5, 5.41) is 0.883. The molecule has 3 atom stereocenters. The predicted octanol–water partition coefficient (Wildman–Crippen LogP) is 6.55. The summed E-state index contributed by atoms with van der Waals surface area (Å²) < 4.78 is 0. The average Bonchev–Trinajstić information content (AvgIpc) is 2.63. The van der Waals surface area contributed by atoms with Gasteiger partial charge in [0.1, 0.15) is 0 Å². The molecule has 148 valence electrons. The number of piperidine rings is 1. The van der Waals surface area contributed by atoms with Gasteiger partial charge in [-0.2, -0.15) is 0 Å². The Morgan fingerprint density at radius 2 is 1.67 bits per heavy atom. The van der Waals surface area contributed by atoms with Crippen LogP contribution >= 0.6 is 11.6 Å². The third-order valence-corrected chi connectivity index (χ3v) is 9.39. The molecule has 4 aliphatic carbocycles. The zero-order valence-electron chi connectivity index (χ0n) is 17.2. The number of halogens is 1. The second-order valence-electron chi connectivity index (χ2n) is 11.0. The molecule has 4 bridgehead atoms. The first-order valence-corrected chi connectivity index (χ1v) is 11.8. The molecule has 1 heterocycles. The highest BCUT2D eigenvalue weighted by atomic mass is 35.5. The fraction of sp³-hybridized carbons (Fsp3) is 0.760. The Morgan fingerprint density at radius 3 is 2.30 bits per heavy atom. The van der Waals surface area contributed by atoms with Crippen molar-refractivity contribution in [3.63, 3.8) is 0 Å². The number of hydrogen-bond donors (Lipinski definition) is 0. The van der Waals surface area contributed by atoms with Crippen LogP contribution in [0.25, 0.3) is 0 Å². The molecule has 6 rings (SSSR count). The van der Waals surface area contributed by atoms with Gasteiger partial charge in [-0.3, -0.25) is 0 Å². The van der Waals surface area contributed by atoms with E-state index in [0.717, 1.165) is 28.7 Å². The molecule has 3 unspecified atom stereocenters. The molecule has 0 spiro atoms. The largest absolute Gasteiger partial charge is 0.306 e. The summed E-state index contributed by atoms with van der Waals surface area (Å²) in [6, 6.07) is 8.96. The van der Waals surface area contributed by atoms with Crippen LogP contribution in [0.2, 0.25) is 5.02 Å². The molecule has 5 fully saturated rings. The van der Waals surface area contributed by atoms with E-state index < -0.39 is 0 Å². The Labute approximate surface area is 170 Å². The smallest absolute Gasteiger partial charge is 0.0406 e. The number of hydrogen-bond acceptors (Lipinski definition) is 1. The van der Waals surface area contributed by atoms with Gasteiger partial charge in [-0.05, 0) is 130 Å². The van der Waals surface area contributed by atoms with E-state index in [2.05, 4.69) is 43.1 Å². The van der Waals surface area contributed by atoms with Crippen LogP contribution in [0.1, 0.15) is 70.3 Å². The van der Waals surface area contributed by atoms with Crippen molar-refractivity contribution in [2.75, 3.05) is 20.1 Å². The van der Waals surface area contributed by atoms with E-state index in [-0.39, 0.29) is 0 Å². The van der Waals surface area contributed by atoms with E-state index in [9.17, 15) is 0 Å². The Hall–Kier alpha value is -0.530. The van der Waals surface area contributed by atoms with E-state index in [4.69, 9.17) is 11.6 Å². The van der Waals surface area contributed by atoms with Gasteiger partial charge in [-0.15, -0.1) is 0 Å². The zero-order chi connectivity index (χ0) is 18.6. The first-order valence-electron chi connectivity index (χ1n) is 11.4. The minimum atomic E-state index is 0.454. The fourth-order valence-electron chi connectivity index (χ4n) is 8.10. The molecule has 0 aromatic heterocycles. The highest BCUT2D eigenvalue weighted by molar-refractivity contribution is 6.30. The van der Waals surface area contributed by atoms with Gasteiger partial charge >= 0.3 is 0 Å². The fourth-order valence-corrected chi connectivity index (χ4v) is 8.22. The lowest BCUT2D eigenvalue weighted by atomic mass is 9.40. The minimum Gasteiger partial charge on any atom is -0.306 e. The first-order chi connectivity index (χ1) is 13.0. The Morgan fingerprint density at radius 1 is 1.04 bits per heavy atom. The Kier molecular flexibility index (Phi) is 4.64. The summed E-state index contributed by atoms with van der Waals surface area (Å²) in [5.41, 5.74) is 2.67. The first kappa shape index (κ1) is 18.5. The quantitative estimate of drug-likeness (QED) is 0.568. The van der Waals surface area contributed by atoms with Gasteiger partial charge in [0, 0.05) is 5.02 Å². The summed E-state index contributed by atoms with van der Waals surface area (Å²) in [4.78, 5) is 2.52. The van der Waals surface area contributed by atoms with Gasteiger partial charge in [0.2, 0.25) is 0 Å². The van der Waals surface area contributed by atoms with Crippen LogP contribution in [0.3, 0.4) is 0 Å². The summed E-state index contributed by atoms with van der Waals surface area (Å²) in [7, 11) is 2.29. The third-order valence-electron chi connectivity index (χ3n) is 9.13. The molecule has 27 heavy (non-hydrogen) atoms. The van der Waals surface area contributed by atoms with Crippen molar-refractivity contribution in [3.05, 3.63) is 34.9 Å². The van der Waals surface area contributed by atoms with Crippen molar-refractivity contribution in [3.8, 4) is 0 Å². The summed E-state index contributed by atoms with van der Waals surface area (Å²) in [6.07, 6.45) is 13.2. The third kappa shape index (κ3) is 3.27. The van der Waals surface area contributed by atoms with Crippen molar-refractivity contribution in [2.45, 2.75) is 70.1 Å². The lowest BCUT2D eigenvalue weighted by molar-refractivity contribution is -0.105. The van der Waals surface area contributed by atoms with Gasteiger partial charge in [0.15, 0.2) is 0 Å². The highest BCUT2D eigenvalue weighted by Gasteiger charge is 2.59. The maximum atomic E-state index is 6.21. The average molecular weight is 386 g/mol. The molecule has 1 aliphatic heterocycles.